The number of hydrogen-bond acceptors (Lipinski definition) is 3. The molecule has 0 aliphatic rings. The summed E-state index contributed by atoms with van der Waals surface area (Å²) in [6.07, 6.45) is 0.502. The van der Waals surface area contributed by atoms with Crippen LogP contribution in [-0.2, 0) is 6.42 Å². The highest BCUT2D eigenvalue weighted by atomic mass is 16.6. The molecule has 0 aliphatic heterocycles. The molecule has 0 aromatic heterocycles. The van der Waals surface area contributed by atoms with Crippen LogP contribution in [0, 0.1) is 5.21 Å². The Morgan fingerprint density at radius 2 is 2.06 bits per heavy atom. The second-order valence-corrected chi connectivity index (χ2v) is 3.44. The van der Waals surface area contributed by atoms with E-state index >= 15 is 0 Å². The van der Waals surface area contributed by atoms with Gasteiger partial charge in [-0.3, -0.25) is 0 Å². The first kappa shape index (κ1) is 12.3. The van der Waals surface area contributed by atoms with E-state index in [1.54, 1.807) is 0 Å². The van der Waals surface area contributed by atoms with Gasteiger partial charge in [0, 0.05) is 6.42 Å². The van der Waals surface area contributed by atoms with Gasteiger partial charge in [-0.15, -0.1) is 5.01 Å². The maximum atomic E-state index is 11.0. The maximum absolute atomic E-state index is 11.0. The first-order chi connectivity index (χ1) is 7.69. The van der Waals surface area contributed by atoms with Crippen LogP contribution in [-0.4, -0.2) is 40.0 Å². The lowest BCUT2D eigenvalue weighted by molar-refractivity contribution is -0.711. The predicted molar refractivity (Wildman–Crippen MR) is 56.6 cm³/mol. The molecule has 0 radical (unpaired) electrons. The molecule has 0 unspecified atom stereocenters. The van der Waals surface area contributed by atoms with Gasteiger partial charge in [0.15, 0.2) is 0 Å². The van der Waals surface area contributed by atoms with E-state index in [1.165, 1.54) is 7.05 Å². The van der Waals surface area contributed by atoms with Crippen molar-refractivity contribution in [3.05, 3.63) is 41.1 Å². The van der Waals surface area contributed by atoms with Crippen LogP contribution in [0.5, 0.6) is 0 Å². The number of likely N-dealkylation sites (N-methyl/N-ethyl adjacent to an activating group) is 1. The quantitative estimate of drug-likeness (QED) is 0.441. The molecular weight excluding hydrogens is 210 g/mol. The Morgan fingerprint density at radius 1 is 1.44 bits per heavy atom. The van der Waals surface area contributed by atoms with Gasteiger partial charge < -0.3 is 15.5 Å². The summed E-state index contributed by atoms with van der Waals surface area (Å²) in [5.74, 6) is 0. The van der Waals surface area contributed by atoms with Crippen LogP contribution in [0.3, 0.4) is 0 Å². The third kappa shape index (κ3) is 3.09. The first-order valence-corrected chi connectivity index (χ1v) is 4.88. The van der Waals surface area contributed by atoms with Crippen LogP contribution in [0.15, 0.2) is 35.6 Å². The summed E-state index contributed by atoms with van der Waals surface area (Å²) in [6, 6.07) is 9.05. The molecule has 0 fully saturated rings. The van der Waals surface area contributed by atoms with Crippen LogP contribution in [0.1, 0.15) is 5.56 Å². The van der Waals surface area contributed by atoms with E-state index in [0.717, 1.165) is 10.6 Å². The van der Waals surface area contributed by atoms with Gasteiger partial charge in [-0.2, -0.15) is 0 Å². The minimum atomic E-state index is -0.421. The van der Waals surface area contributed by atoms with E-state index in [4.69, 9.17) is 5.21 Å². The average molecular weight is 225 g/mol. The third-order valence-corrected chi connectivity index (χ3v) is 2.40. The first-order valence-electron chi connectivity index (χ1n) is 4.88. The van der Waals surface area contributed by atoms with Gasteiger partial charge in [0.05, 0.1) is 18.6 Å². The van der Waals surface area contributed by atoms with Crippen molar-refractivity contribution in [2.24, 2.45) is 5.28 Å². The van der Waals surface area contributed by atoms with Gasteiger partial charge in [0.1, 0.15) is 6.04 Å². The van der Waals surface area contributed by atoms with Crippen molar-refractivity contribution in [1.82, 2.24) is 5.01 Å². The third-order valence-electron chi connectivity index (χ3n) is 2.40. The monoisotopic (exact) mass is 225 g/mol. The molecule has 2 N–H and O–H groups in total. The van der Waals surface area contributed by atoms with E-state index in [0.29, 0.717) is 6.42 Å². The molecular formula is C10H15N3O3. The SMILES string of the molecule is CN([C@H](CO)Cc1ccccc1)[N+]([O-])=NO. The lowest BCUT2D eigenvalue weighted by Crippen LogP contribution is -2.40. The van der Waals surface area contributed by atoms with Gasteiger partial charge in [0.2, 0.25) is 5.28 Å². The molecule has 0 bridgehead atoms. The number of nitrogens with zero attached hydrogens (tertiary/aromatic N) is 3. The van der Waals surface area contributed by atoms with Crippen molar-refractivity contribution < 1.29 is 15.3 Å². The Labute approximate surface area is 93.6 Å². The lowest BCUT2D eigenvalue weighted by Gasteiger charge is -2.21. The Kier molecular flexibility index (Phi) is 4.53. The molecule has 0 saturated heterocycles. The number of hydrogen-bond donors (Lipinski definition) is 2. The average Bonchev–Trinajstić information content (AvgIpc) is 2.35. The van der Waals surface area contributed by atoms with Crippen molar-refractivity contribution in [3.63, 3.8) is 0 Å². The molecule has 88 valence electrons. The van der Waals surface area contributed by atoms with E-state index < -0.39 is 6.04 Å². The molecule has 0 amide bonds. The molecule has 0 spiro atoms. The maximum Gasteiger partial charge on any atom is 0.230 e. The molecule has 1 aromatic rings. The van der Waals surface area contributed by atoms with E-state index in [-0.39, 0.29) is 11.6 Å². The molecule has 6 nitrogen and oxygen atoms in total. The van der Waals surface area contributed by atoms with Crippen molar-refractivity contribution in [2.45, 2.75) is 12.5 Å². The molecule has 6 heteroatoms. The minimum absolute atomic E-state index is 0.0455. The summed E-state index contributed by atoms with van der Waals surface area (Å²) < 4.78 is 0. The molecule has 16 heavy (non-hydrogen) atoms. The Balaban J connectivity index is 2.69. The second kappa shape index (κ2) is 5.92. The van der Waals surface area contributed by atoms with Crippen molar-refractivity contribution in [3.8, 4) is 0 Å². The van der Waals surface area contributed by atoms with Gasteiger partial charge >= 0.3 is 0 Å². The number of aliphatic hydroxyl groups is 1. The molecule has 0 aliphatic carbocycles. The van der Waals surface area contributed by atoms with Crippen LogP contribution in [0.2, 0.25) is 0 Å². The predicted octanol–water partition coefficient (Wildman–Crippen LogP) is 0.788. The summed E-state index contributed by atoms with van der Waals surface area (Å²) in [7, 11) is 1.45. The van der Waals surface area contributed by atoms with Crippen molar-refractivity contribution in [2.75, 3.05) is 13.7 Å². The van der Waals surface area contributed by atoms with Crippen molar-refractivity contribution >= 4 is 0 Å². The zero-order valence-corrected chi connectivity index (χ0v) is 9.02. The molecule has 0 heterocycles. The normalized spacial score (nSPS) is 13.5. The summed E-state index contributed by atoms with van der Waals surface area (Å²) >= 11 is 0. The van der Waals surface area contributed by atoms with Gasteiger partial charge in [-0.25, -0.2) is 0 Å². The highest BCUT2D eigenvalue weighted by Gasteiger charge is 2.20. The largest absolute Gasteiger partial charge is 0.569 e. The van der Waals surface area contributed by atoms with Crippen LogP contribution >= 0.6 is 0 Å². The number of aliphatic hydroxyl groups excluding tert-OH is 1. The summed E-state index contributed by atoms with van der Waals surface area (Å²) in [5.41, 5.74) is 1.000. The van der Waals surface area contributed by atoms with Crippen LogP contribution in [0.25, 0.3) is 0 Å². The van der Waals surface area contributed by atoms with E-state index in [1.807, 2.05) is 30.3 Å². The van der Waals surface area contributed by atoms with Crippen LogP contribution in [0.4, 0.5) is 0 Å². The zero-order chi connectivity index (χ0) is 12.0. The Morgan fingerprint density at radius 3 is 2.56 bits per heavy atom. The van der Waals surface area contributed by atoms with E-state index in [2.05, 4.69) is 5.28 Å². The fourth-order valence-electron chi connectivity index (χ4n) is 1.40. The molecule has 0 saturated carbocycles. The Hall–Kier alpha value is -1.82. The summed E-state index contributed by atoms with van der Waals surface area (Å²) in [5, 5.41) is 32.1. The Bertz CT molecular complexity index is 342. The summed E-state index contributed by atoms with van der Waals surface area (Å²) in [6.45, 7) is -0.195. The van der Waals surface area contributed by atoms with Crippen molar-refractivity contribution in [1.29, 1.82) is 0 Å². The topological polar surface area (TPSA) is 82.1 Å². The zero-order valence-electron chi connectivity index (χ0n) is 9.02. The van der Waals surface area contributed by atoms with Gasteiger partial charge in [0.25, 0.3) is 0 Å². The summed E-state index contributed by atoms with van der Waals surface area (Å²) in [4.78, 5) is 0.0455. The second-order valence-electron chi connectivity index (χ2n) is 3.44. The minimum Gasteiger partial charge on any atom is -0.569 e. The molecule has 1 aromatic carbocycles. The van der Waals surface area contributed by atoms with Gasteiger partial charge in [-0.1, -0.05) is 30.3 Å². The van der Waals surface area contributed by atoms with Gasteiger partial charge in [-0.05, 0) is 5.56 Å². The fourth-order valence-corrected chi connectivity index (χ4v) is 1.40. The van der Waals surface area contributed by atoms with E-state index in [9.17, 15) is 10.3 Å². The standard InChI is InChI=1S/C10H15N3O3/c1-12(13(16)11-15)10(8-14)7-9-5-3-2-4-6-9/h2-6,10,14-15H,7-8H2,1H3/t10-/m0/s1. The smallest absolute Gasteiger partial charge is 0.230 e. The lowest BCUT2D eigenvalue weighted by atomic mass is 10.1. The fraction of sp³-hybridized carbons (Fsp3) is 0.400. The molecule has 1 rings (SSSR count). The highest BCUT2D eigenvalue weighted by Crippen LogP contribution is 2.07. The van der Waals surface area contributed by atoms with Crippen LogP contribution < -0.4 is 0 Å². The number of benzene rings is 1. The molecule has 1 atom stereocenters. The number of rotatable bonds is 5. The number of hydrazine groups is 1. The highest BCUT2D eigenvalue weighted by molar-refractivity contribution is 5.15.